The lowest BCUT2D eigenvalue weighted by Gasteiger charge is -2.07. The number of amides is 1. The number of fused-ring (bicyclic) bond motifs is 1. The molecule has 10 nitrogen and oxygen atoms in total. The minimum Gasteiger partial charge on any atom is -0.340 e. The molecule has 3 aromatic rings. The minimum absolute atomic E-state index is 0.150. The Morgan fingerprint density at radius 2 is 2.14 bits per heavy atom. The fraction of sp³-hybridized carbons (Fsp3) is 0. The number of H-pyrrole nitrogens is 1. The molecule has 1 aromatic carbocycles. The summed E-state index contributed by atoms with van der Waals surface area (Å²) in [6, 6.07) is 5.39. The van der Waals surface area contributed by atoms with Crippen molar-refractivity contribution in [3.05, 3.63) is 52.6 Å². The number of hydrogen-bond acceptors (Lipinski definition) is 7. The first kappa shape index (κ1) is 13.4. The molecular formula is C12H9N7O3. The van der Waals surface area contributed by atoms with Gasteiger partial charge in [-0.2, -0.15) is 0 Å². The van der Waals surface area contributed by atoms with Crippen LogP contribution in [0.1, 0.15) is 10.4 Å². The number of non-ortho nitro benzene ring substituents is 1. The number of carbonyl (C=O) groups excluding carboxylic acids is 1. The molecule has 0 fully saturated rings. The van der Waals surface area contributed by atoms with Gasteiger partial charge in [0.2, 0.25) is 0 Å². The van der Waals surface area contributed by atoms with Gasteiger partial charge in [0, 0.05) is 17.7 Å². The molecule has 0 bridgehead atoms. The number of hydrazine groups is 1. The van der Waals surface area contributed by atoms with Crippen molar-refractivity contribution in [2.45, 2.75) is 0 Å². The van der Waals surface area contributed by atoms with E-state index in [4.69, 9.17) is 0 Å². The Morgan fingerprint density at radius 1 is 1.27 bits per heavy atom. The number of carbonyl (C=O) groups is 1. The Morgan fingerprint density at radius 3 is 2.95 bits per heavy atom. The first-order valence-corrected chi connectivity index (χ1v) is 6.10. The normalized spacial score (nSPS) is 10.4. The Hall–Kier alpha value is -3.56. The quantitative estimate of drug-likeness (QED) is 0.482. The van der Waals surface area contributed by atoms with Gasteiger partial charge in [-0.15, -0.1) is 0 Å². The maximum atomic E-state index is 12.0. The van der Waals surface area contributed by atoms with E-state index in [-0.39, 0.29) is 11.3 Å². The third kappa shape index (κ3) is 2.52. The van der Waals surface area contributed by atoms with Crippen molar-refractivity contribution >= 4 is 28.6 Å². The largest absolute Gasteiger partial charge is 0.340 e. The van der Waals surface area contributed by atoms with Crippen LogP contribution in [0.5, 0.6) is 0 Å². The van der Waals surface area contributed by atoms with Crippen LogP contribution in [0.15, 0.2) is 36.9 Å². The van der Waals surface area contributed by atoms with Crippen LogP contribution in [-0.2, 0) is 0 Å². The molecule has 110 valence electrons. The van der Waals surface area contributed by atoms with E-state index in [1.165, 1.54) is 36.9 Å². The average Bonchev–Trinajstić information content (AvgIpc) is 3.01. The van der Waals surface area contributed by atoms with Crippen LogP contribution < -0.4 is 10.9 Å². The van der Waals surface area contributed by atoms with Gasteiger partial charge >= 0.3 is 0 Å². The molecule has 0 aliphatic rings. The van der Waals surface area contributed by atoms with E-state index < -0.39 is 10.8 Å². The number of benzene rings is 1. The summed E-state index contributed by atoms with van der Waals surface area (Å²) >= 11 is 0. The molecule has 2 heterocycles. The van der Waals surface area contributed by atoms with E-state index in [1.54, 1.807) is 0 Å². The van der Waals surface area contributed by atoms with Crippen molar-refractivity contribution in [1.29, 1.82) is 0 Å². The van der Waals surface area contributed by atoms with Crippen LogP contribution in [0.2, 0.25) is 0 Å². The van der Waals surface area contributed by atoms with Crippen molar-refractivity contribution in [2.75, 3.05) is 5.43 Å². The summed E-state index contributed by atoms with van der Waals surface area (Å²) in [5, 5.41) is 10.7. The highest BCUT2D eigenvalue weighted by Gasteiger charge is 2.12. The minimum atomic E-state index is -0.567. The van der Waals surface area contributed by atoms with Crippen LogP contribution in [0.25, 0.3) is 11.2 Å². The molecule has 0 unspecified atom stereocenters. The number of nitro benzene ring substituents is 1. The third-order valence-corrected chi connectivity index (χ3v) is 2.84. The lowest BCUT2D eigenvalue weighted by molar-refractivity contribution is -0.384. The standard InChI is InChI=1S/C12H9N7O3/c20-12(7-2-1-3-8(4-7)19(21)22)18-17-11-9-10(14-5-13-9)15-6-16-11/h1-6H,(H,18,20)(H2,13,14,15,16,17). The SMILES string of the molecule is O=C(NNc1ncnc2nc[nH]c12)c1cccc([N+](=O)[O-])c1. The van der Waals surface area contributed by atoms with Gasteiger partial charge < -0.3 is 4.98 Å². The van der Waals surface area contributed by atoms with Crippen LogP contribution in [0.3, 0.4) is 0 Å². The molecule has 3 rings (SSSR count). The van der Waals surface area contributed by atoms with Crippen molar-refractivity contribution in [2.24, 2.45) is 0 Å². The van der Waals surface area contributed by atoms with Crippen LogP contribution >= 0.6 is 0 Å². The molecule has 0 aliphatic carbocycles. The van der Waals surface area contributed by atoms with Gasteiger partial charge in [-0.05, 0) is 6.07 Å². The molecule has 0 saturated heterocycles. The number of hydrogen-bond donors (Lipinski definition) is 3. The van der Waals surface area contributed by atoms with Gasteiger partial charge in [0.1, 0.15) is 11.8 Å². The molecule has 1 amide bonds. The Labute approximate surface area is 122 Å². The van der Waals surface area contributed by atoms with Gasteiger partial charge in [-0.3, -0.25) is 25.8 Å². The fourth-order valence-corrected chi connectivity index (χ4v) is 1.81. The predicted octanol–water partition coefficient (Wildman–Crippen LogP) is 1.02. The van der Waals surface area contributed by atoms with E-state index in [0.717, 1.165) is 0 Å². The maximum Gasteiger partial charge on any atom is 0.270 e. The number of aromatic amines is 1. The molecule has 0 spiro atoms. The van der Waals surface area contributed by atoms with E-state index >= 15 is 0 Å². The smallest absolute Gasteiger partial charge is 0.270 e. The van der Waals surface area contributed by atoms with Gasteiger partial charge in [0.25, 0.3) is 11.6 Å². The van der Waals surface area contributed by atoms with Crippen molar-refractivity contribution < 1.29 is 9.72 Å². The zero-order valence-corrected chi connectivity index (χ0v) is 11.0. The number of nitro groups is 1. The maximum absolute atomic E-state index is 12.0. The second-order valence-corrected chi connectivity index (χ2v) is 4.21. The number of nitrogens with zero attached hydrogens (tertiary/aromatic N) is 4. The number of imidazole rings is 1. The first-order chi connectivity index (χ1) is 10.6. The van der Waals surface area contributed by atoms with E-state index in [9.17, 15) is 14.9 Å². The first-order valence-electron chi connectivity index (χ1n) is 6.10. The number of aromatic nitrogens is 4. The highest BCUT2D eigenvalue weighted by Crippen LogP contribution is 2.15. The van der Waals surface area contributed by atoms with E-state index in [1.807, 2.05) is 0 Å². The summed E-state index contributed by atoms with van der Waals surface area (Å²) in [5.41, 5.74) is 6.01. The summed E-state index contributed by atoms with van der Waals surface area (Å²) in [5.74, 6) is -0.198. The second-order valence-electron chi connectivity index (χ2n) is 4.21. The highest BCUT2D eigenvalue weighted by molar-refractivity contribution is 5.96. The summed E-state index contributed by atoms with van der Waals surface area (Å²) < 4.78 is 0. The molecule has 0 radical (unpaired) electrons. The lowest BCUT2D eigenvalue weighted by Crippen LogP contribution is -2.30. The van der Waals surface area contributed by atoms with Crippen molar-refractivity contribution in [3.8, 4) is 0 Å². The summed E-state index contributed by atoms with van der Waals surface area (Å²) in [6.45, 7) is 0. The summed E-state index contributed by atoms with van der Waals surface area (Å²) in [7, 11) is 0. The molecule has 10 heteroatoms. The van der Waals surface area contributed by atoms with E-state index in [2.05, 4.69) is 30.8 Å². The monoisotopic (exact) mass is 299 g/mol. The van der Waals surface area contributed by atoms with Crippen LogP contribution in [-0.4, -0.2) is 30.8 Å². The number of nitrogens with one attached hydrogen (secondary N) is 3. The van der Waals surface area contributed by atoms with Gasteiger partial charge in [0.15, 0.2) is 11.5 Å². The summed E-state index contributed by atoms with van der Waals surface area (Å²) in [4.78, 5) is 36.8. The second kappa shape index (κ2) is 5.44. The number of rotatable bonds is 4. The fourth-order valence-electron chi connectivity index (χ4n) is 1.81. The lowest BCUT2D eigenvalue weighted by atomic mass is 10.2. The molecular weight excluding hydrogens is 290 g/mol. The molecule has 3 N–H and O–H groups in total. The average molecular weight is 299 g/mol. The molecule has 2 aromatic heterocycles. The molecule has 0 aliphatic heterocycles. The molecule has 0 saturated carbocycles. The highest BCUT2D eigenvalue weighted by atomic mass is 16.6. The third-order valence-electron chi connectivity index (χ3n) is 2.84. The number of anilines is 1. The van der Waals surface area contributed by atoms with Crippen LogP contribution in [0.4, 0.5) is 11.5 Å². The van der Waals surface area contributed by atoms with Gasteiger partial charge in [-0.1, -0.05) is 6.07 Å². The van der Waals surface area contributed by atoms with E-state index in [0.29, 0.717) is 17.0 Å². The zero-order valence-electron chi connectivity index (χ0n) is 11.0. The van der Waals surface area contributed by atoms with Crippen molar-refractivity contribution in [3.63, 3.8) is 0 Å². The van der Waals surface area contributed by atoms with Crippen LogP contribution in [0, 0.1) is 10.1 Å². The zero-order chi connectivity index (χ0) is 15.5. The summed E-state index contributed by atoms with van der Waals surface area (Å²) in [6.07, 6.45) is 2.75. The van der Waals surface area contributed by atoms with Gasteiger partial charge in [-0.25, -0.2) is 15.0 Å². The Bertz CT molecular complexity index is 861. The van der Waals surface area contributed by atoms with Gasteiger partial charge in [0.05, 0.1) is 11.3 Å². The Kier molecular flexibility index (Phi) is 3.32. The molecule has 22 heavy (non-hydrogen) atoms. The van der Waals surface area contributed by atoms with Crippen molar-refractivity contribution in [1.82, 2.24) is 25.4 Å². The topological polar surface area (TPSA) is 139 Å². The molecule has 0 atom stereocenters. The Balaban J connectivity index is 1.76. The predicted molar refractivity (Wildman–Crippen MR) is 75.9 cm³/mol.